The molecule has 0 amide bonds. The molecule has 2 aromatic rings. The van der Waals surface area contributed by atoms with E-state index in [-0.39, 0.29) is 32.7 Å². The van der Waals surface area contributed by atoms with Gasteiger partial charge in [-0.1, -0.05) is 48.5 Å². The number of nitrogens with zero attached hydrogens (tertiary/aromatic N) is 1. The molecule has 0 spiro atoms. The second-order valence-electron chi connectivity index (χ2n) is 3.72. The molecule has 79 valence electrons. The van der Waals surface area contributed by atoms with Crippen LogP contribution in [0, 0.1) is 13.8 Å². The van der Waals surface area contributed by atoms with Gasteiger partial charge in [0.05, 0.1) is 0 Å². The van der Waals surface area contributed by atoms with Gasteiger partial charge in [0, 0.05) is 32.7 Å². The summed E-state index contributed by atoms with van der Waals surface area (Å²) in [5, 5.41) is 4.54. The molecule has 0 aromatic heterocycles. The Labute approximate surface area is 122 Å². The molecule has 2 rings (SSSR count). The van der Waals surface area contributed by atoms with Gasteiger partial charge in [-0.2, -0.15) is 0 Å². The van der Waals surface area contributed by atoms with Crippen LogP contribution in [0.5, 0.6) is 0 Å². The largest absolute Gasteiger partial charge is 0.658 e. The summed E-state index contributed by atoms with van der Waals surface area (Å²) in [5.74, 6) is 0. The van der Waals surface area contributed by atoms with Gasteiger partial charge >= 0.3 is 0 Å². The van der Waals surface area contributed by atoms with Crippen LogP contribution >= 0.6 is 0 Å². The van der Waals surface area contributed by atoms with Gasteiger partial charge < -0.3 is 5.32 Å². The number of benzene rings is 2. The summed E-state index contributed by atoms with van der Waals surface area (Å²) in [6.45, 7) is 4.22. The molecule has 0 fully saturated rings. The van der Waals surface area contributed by atoms with Crippen LogP contribution < -0.4 is 0 Å². The third kappa shape index (κ3) is 3.43. The van der Waals surface area contributed by atoms with Crippen molar-refractivity contribution in [1.82, 2.24) is 0 Å². The Morgan fingerprint density at radius 3 is 2.06 bits per heavy atom. The smallest absolute Gasteiger partial charge is 0 e. The first-order valence-electron chi connectivity index (χ1n) is 5.10. The predicted octanol–water partition coefficient (Wildman–Crippen LogP) is 4.64. The quantitative estimate of drug-likeness (QED) is 0.763. The zero-order valence-corrected chi connectivity index (χ0v) is 12.5. The normalized spacial score (nSPS) is 9.38. The monoisotopic (exact) mass is 285 g/mol. The Bertz CT molecular complexity index is 452. The van der Waals surface area contributed by atoms with E-state index < -0.39 is 0 Å². The van der Waals surface area contributed by atoms with E-state index in [1.54, 1.807) is 0 Å². The maximum atomic E-state index is 4.54. The Balaban J connectivity index is 0.00000128. The molecular formula is C14H14NY-. The molecule has 1 nitrogen and oxygen atoms in total. The summed E-state index contributed by atoms with van der Waals surface area (Å²) in [6, 6.07) is 16.3. The number of aryl methyl sites for hydroxylation is 2. The Morgan fingerprint density at radius 2 is 1.44 bits per heavy atom. The zero-order valence-electron chi connectivity index (χ0n) is 9.64. The summed E-state index contributed by atoms with van der Waals surface area (Å²) < 4.78 is 0. The second-order valence-corrected chi connectivity index (χ2v) is 3.72. The Kier molecular flexibility index (Phi) is 5.17. The van der Waals surface area contributed by atoms with Gasteiger partial charge in [0.2, 0.25) is 0 Å². The van der Waals surface area contributed by atoms with Gasteiger partial charge in [0.1, 0.15) is 0 Å². The van der Waals surface area contributed by atoms with Gasteiger partial charge in [0.25, 0.3) is 0 Å². The van der Waals surface area contributed by atoms with E-state index in [1.165, 1.54) is 11.1 Å². The van der Waals surface area contributed by atoms with E-state index in [0.29, 0.717) is 0 Å². The van der Waals surface area contributed by atoms with Crippen LogP contribution in [0.1, 0.15) is 11.1 Å². The Hall–Kier alpha value is -0.656. The van der Waals surface area contributed by atoms with E-state index in [1.807, 2.05) is 30.3 Å². The topological polar surface area (TPSA) is 14.1 Å². The van der Waals surface area contributed by atoms with Crippen molar-refractivity contribution < 1.29 is 32.7 Å². The molecule has 0 N–H and O–H groups in total. The van der Waals surface area contributed by atoms with Crippen molar-refractivity contribution in [3.05, 3.63) is 65.0 Å². The van der Waals surface area contributed by atoms with Gasteiger partial charge in [-0.25, -0.2) is 0 Å². The van der Waals surface area contributed by atoms with Gasteiger partial charge in [-0.3, -0.25) is 0 Å². The summed E-state index contributed by atoms with van der Waals surface area (Å²) in [5.41, 5.74) is 4.61. The average Bonchev–Trinajstić information content (AvgIpc) is 2.25. The molecule has 16 heavy (non-hydrogen) atoms. The van der Waals surface area contributed by atoms with Crippen molar-refractivity contribution in [3.8, 4) is 0 Å². The average molecular weight is 285 g/mol. The first-order valence-corrected chi connectivity index (χ1v) is 5.10. The maximum Gasteiger partial charge on any atom is 0 e. The fourth-order valence-electron chi connectivity index (χ4n) is 1.45. The fraction of sp³-hybridized carbons (Fsp3) is 0.143. The van der Waals surface area contributed by atoms with Crippen molar-refractivity contribution in [1.29, 1.82) is 0 Å². The molecule has 0 aliphatic heterocycles. The van der Waals surface area contributed by atoms with E-state index >= 15 is 0 Å². The Morgan fingerprint density at radius 1 is 0.750 bits per heavy atom. The molecule has 0 aliphatic carbocycles. The van der Waals surface area contributed by atoms with Crippen LogP contribution in [0.4, 0.5) is 11.4 Å². The summed E-state index contributed by atoms with van der Waals surface area (Å²) >= 11 is 0. The summed E-state index contributed by atoms with van der Waals surface area (Å²) in [6.07, 6.45) is 0. The molecule has 0 bridgehead atoms. The molecule has 0 saturated carbocycles. The van der Waals surface area contributed by atoms with Crippen LogP contribution in [0.15, 0.2) is 48.5 Å². The van der Waals surface area contributed by atoms with E-state index in [2.05, 4.69) is 37.4 Å². The first kappa shape index (κ1) is 13.4. The minimum Gasteiger partial charge on any atom is -0.658 e. The van der Waals surface area contributed by atoms with E-state index in [0.717, 1.165) is 11.4 Å². The summed E-state index contributed by atoms with van der Waals surface area (Å²) in [7, 11) is 0. The van der Waals surface area contributed by atoms with Crippen molar-refractivity contribution in [2.45, 2.75) is 13.8 Å². The van der Waals surface area contributed by atoms with Crippen LogP contribution in [-0.2, 0) is 32.7 Å². The number of rotatable bonds is 2. The van der Waals surface area contributed by atoms with Gasteiger partial charge in [0.15, 0.2) is 0 Å². The minimum absolute atomic E-state index is 0. The van der Waals surface area contributed by atoms with Crippen LogP contribution in [0.25, 0.3) is 5.32 Å². The first-order chi connectivity index (χ1) is 7.25. The van der Waals surface area contributed by atoms with Crippen molar-refractivity contribution in [3.63, 3.8) is 0 Å². The zero-order chi connectivity index (χ0) is 10.7. The molecule has 0 aliphatic rings. The molecule has 0 heterocycles. The number of hydrogen-bond donors (Lipinski definition) is 0. The predicted molar refractivity (Wildman–Crippen MR) is 65.0 cm³/mol. The molecule has 1 radical (unpaired) electrons. The molecule has 2 heteroatoms. The summed E-state index contributed by atoms with van der Waals surface area (Å²) in [4.78, 5) is 0. The maximum absolute atomic E-state index is 4.54. The molecule has 2 aromatic carbocycles. The van der Waals surface area contributed by atoms with Crippen molar-refractivity contribution in [2.24, 2.45) is 0 Å². The van der Waals surface area contributed by atoms with E-state index in [9.17, 15) is 0 Å². The minimum atomic E-state index is 0. The standard InChI is InChI=1S/C14H14N.Y/c1-11-8-9-14(10-12(11)2)15-13-6-4-3-5-7-13;/h3-10H,1-2H3;/q-1;. The fourth-order valence-corrected chi connectivity index (χ4v) is 1.45. The van der Waals surface area contributed by atoms with Crippen molar-refractivity contribution in [2.75, 3.05) is 0 Å². The second kappa shape index (κ2) is 6.17. The van der Waals surface area contributed by atoms with Crippen molar-refractivity contribution >= 4 is 11.4 Å². The molecular weight excluding hydrogens is 271 g/mol. The van der Waals surface area contributed by atoms with Gasteiger partial charge in [-0.15, -0.1) is 11.4 Å². The molecule has 0 atom stereocenters. The van der Waals surface area contributed by atoms with E-state index in [4.69, 9.17) is 0 Å². The van der Waals surface area contributed by atoms with Gasteiger partial charge in [-0.05, 0) is 25.0 Å². The SMILES string of the molecule is Cc1ccc([N-]c2ccccc2)cc1C.[Y]. The molecule has 0 saturated heterocycles. The van der Waals surface area contributed by atoms with Crippen LogP contribution in [0.3, 0.4) is 0 Å². The number of para-hydroxylation sites is 1. The molecule has 0 unspecified atom stereocenters. The number of hydrogen-bond acceptors (Lipinski definition) is 0. The third-order valence-corrected chi connectivity index (χ3v) is 2.50. The van der Waals surface area contributed by atoms with Crippen LogP contribution in [0.2, 0.25) is 0 Å². The van der Waals surface area contributed by atoms with Crippen LogP contribution in [-0.4, -0.2) is 0 Å². The third-order valence-electron chi connectivity index (χ3n) is 2.50.